The molecule has 1 aromatic rings. The maximum absolute atomic E-state index is 12.2. The molecule has 19 heavy (non-hydrogen) atoms. The lowest BCUT2D eigenvalue weighted by atomic mass is 9.95. The van der Waals surface area contributed by atoms with Gasteiger partial charge in [0, 0.05) is 17.6 Å². The molecule has 1 aromatic carbocycles. The molecular weight excluding hydrogens is 283 g/mol. The largest absolute Gasteiger partial charge is 0.355 e. The van der Waals surface area contributed by atoms with Crippen molar-refractivity contribution in [2.24, 2.45) is 5.73 Å². The van der Waals surface area contributed by atoms with Gasteiger partial charge in [0.2, 0.25) is 5.91 Å². The van der Waals surface area contributed by atoms with E-state index in [2.05, 4.69) is 5.32 Å². The van der Waals surface area contributed by atoms with E-state index in [1.807, 2.05) is 31.2 Å². The summed E-state index contributed by atoms with van der Waals surface area (Å²) in [4.78, 5) is 12.2. The molecular formula is C14H20Cl2N2O. The van der Waals surface area contributed by atoms with E-state index < -0.39 is 0 Å². The Morgan fingerprint density at radius 1 is 1.42 bits per heavy atom. The molecule has 1 unspecified atom stereocenters. The normalized spacial score (nSPS) is 17.2. The van der Waals surface area contributed by atoms with E-state index in [4.69, 9.17) is 17.3 Å². The Balaban J connectivity index is 0.00000180. The zero-order valence-corrected chi connectivity index (χ0v) is 12.6. The Hall–Kier alpha value is -0.770. The van der Waals surface area contributed by atoms with Crippen molar-refractivity contribution in [2.45, 2.75) is 37.6 Å². The van der Waals surface area contributed by atoms with Crippen LogP contribution in [0.1, 0.15) is 31.7 Å². The van der Waals surface area contributed by atoms with Crippen molar-refractivity contribution in [3.63, 3.8) is 0 Å². The summed E-state index contributed by atoms with van der Waals surface area (Å²) in [6.07, 6.45) is 2.64. The average molecular weight is 303 g/mol. The third kappa shape index (κ3) is 3.85. The summed E-state index contributed by atoms with van der Waals surface area (Å²) in [6, 6.07) is 7.69. The van der Waals surface area contributed by atoms with Gasteiger partial charge >= 0.3 is 0 Å². The minimum absolute atomic E-state index is 0. The van der Waals surface area contributed by atoms with Gasteiger partial charge in [-0.15, -0.1) is 12.4 Å². The van der Waals surface area contributed by atoms with Crippen molar-refractivity contribution >= 4 is 29.9 Å². The van der Waals surface area contributed by atoms with Crippen molar-refractivity contribution < 1.29 is 4.79 Å². The first-order chi connectivity index (χ1) is 8.54. The van der Waals surface area contributed by atoms with Crippen LogP contribution in [0.2, 0.25) is 5.02 Å². The maximum Gasteiger partial charge on any atom is 0.230 e. The maximum atomic E-state index is 12.2. The number of benzene rings is 1. The van der Waals surface area contributed by atoms with Crippen LogP contribution in [0.4, 0.5) is 0 Å². The molecule has 0 saturated heterocycles. The summed E-state index contributed by atoms with van der Waals surface area (Å²) in [5, 5.41) is 3.68. The fourth-order valence-corrected chi connectivity index (χ4v) is 2.25. The van der Waals surface area contributed by atoms with Gasteiger partial charge in [0.05, 0.1) is 5.41 Å². The van der Waals surface area contributed by atoms with Crippen molar-refractivity contribution in [3.8, 4) is 0 Å². The predicted molar refractivity (Wildman–Crippen MR) is 80.9 cm³/mol. The molecule has 3 nitrogen and oxygen atoms in total. The third-order valence-corrected chi connectivity index (χ3v) is 3.72. The Bertz CT molecular complexity index is 428. The molecule has 0 spiro atoms. The Morgan fingerprint density at radius 2 is 2.00 bits per heavy atom. The molecule has 1 fully saturated rings. The SMILES string of the molecule is CC(N)CCNC(=O)C1(c2ccc(Cl)cc2)CC1.Cl. The number of halogens is 2. The van der Waals surface area contributed by atoms with Crippen LogP contribution in [0.15, 0.2) is 24.3 Å². The second-order valence-corrected chi connectivity index (χ2v) is 5.55. The zero-order valence-electron chi connectivity index (χ0n) is 11.0. The van der Waals surface area contributed by atoms with E-state index in [0.717, 1.165) is 24.8 Å². The van der Waals surface area contributed by atoms with E-state index in [9.17, 15) is 4.79 Å². The number of hydrogen-bond donors (Lipinski definition) is 2. The number of rotatable bonds is 5. The molecule has 3 N–H and O–H groups in total. The van der Waals surface area contributed by atoms with Gasteiger partial charge in [-0.25, -0.2) is 0 Å². The van der Waals surface area contributed by atoms with E-state index in [1.165, 1.54) is 0 Å². The molecule has 2 rings (SSSR count). The van der Waals surface area contributed by atoms with Gasteiger partial charge in [-0.05, 0) is 43.9 Å². The van der Waals surface area contributed by atoms with Crippen LogP contribution < -0.4 is 11.1 Å². The van der Waals surface area contributed by atoms with Crippen LogP contribution in [-0.4, -0.2) is 18.5 Å². The fourth-order valence-electron chi connectivity index (χ4n) is 2.12. The predicted octanol–water partition coefficient (Wildman–Crippen LogP) is 2.65. The van der Waals surface area contributed by atoms with Crippen molar-refractivity contribution in [3.05, 3.63) is 34.9 Å². The first-order valence-corrected chi connectivity index (χ1v) is 6.72. The first-order valence-electron chi connectivity index (χ1n) is 6.34. The van der Waals surface area contributed by atoms with E-state index in [-0.39, 0.29) is 29.8 Å². The summed E-state index contributed by atoms with van der Waals surface area (Å²) >= 11 is 5.87. The topological polar surface area (TPSA) is 55.1 Å². The van der Waals surface area contributed by atoms with Crippen molar-refractivity contribution in [1.29, 1.82) is 0 Å². The lowest BCUT2D eigenvalue weighted by Crippen LogP contribution is -2.36. The summed E-state index contributed by atoms with van der Waals surface area (Å²) in [5.41, 5.74) is 6.41. The molecule has 5 heteroatoms. The highest BCUT2D eigenvalue weighted by Crippen LogP contribution is 2.48. The molecule has 0 bridgehead atoms. The molecule has 0 heterocycles. The quantitative estimate of drug-likeness (QED) is 0.878. The van der Waals surface area contributed by atoms with Crippen molar-refractivity contribution in [1.82, 2.24) is 5.32 Å². The van der Waals surface area contributed by atoms with Crippen LogP contribution in [-0.2, 0) is 10.2 Å². The van der Waals surface area contributed by atoms with Crippen LogP contribution >= 0.6 is 24.0 Å². The van der Waals surface area contributed by atoms with Crippen LogP contribution in [0.3, 0.4) is 0 Å². The zero-order chi connectivity index (χ0) is 13.2. The summed E-state index contributed by atoms with van der Waals surface area (Å²) in [6.45, 7) is 2.59. The first kappa shape index (κ1) is 16.3. The van der Waals surface area contributed by atoms with Gasteiger partial charge < -0.3 is 11.1 Å². The summed E-state index contributed by atoms with van der Waals surface area (Å²) < 4.78 is 0. The van der Waals surface area contributed by atoms with E-state index in [0.29, 0.717) is 11.6 Å². The number of hydrogen-bond acceptors (Lipinski definition) is 2. The number of nitrogens with two attached hydrogens (primary N) is 1. The third-order valence-electron chi connectivity index (χ3n) is 3.47. The second kappa shape index (κ2) is 6.60. The second-order valence-electron chi connectivity index (χ2n) is 5.11. The monoisotopic (exact) mass is 302 g/mol. The van der Waals surface area contributed by atoms with Crippen LogP contribution in [0.5, 0.6) is 0 Å². The molecule has 1 saturated carbocycles. The molecule has 1 aliphatic carbocycles. The standard InChI is InChI=1S/C14H19ClN2O.ClH/c1-10(16)6-9-17-13(18)14(7-8-14)11-2-4-12(15)5-3-11;/h2-5,10H,6-9,16H2,1H3,(H,17,18);1H. The average Bonchev–Trinajstić information content (AvgIpc) is 3.10. The van der Waals surface area contributed by atoms with Crippen LogP contribution in [0, 0.1) is 0 Å². The van der Waals surface area contributed by atoms with Crippen molar-refractivity contribution in [2.75, 3.05) is 6.54 Å². The summed E-state index contributed by atoms with van der Waals surface area (Å²) in [5.74, 6) is 0.116. The van der Waals surface area contributed by atoms with E-state index >= 15 is 0 Å². The Morgan fingerprint density at radius 3 is 2.47 bits per heavy atom. The number of carbonyl (C=O) groups is 1. The molecule has 0 radical (unpaired) electrons. The molecule has 0 aromatic heterocycles. The minimum atomic E-state index is -0.317. The van der Waals surface area contributed by atoms with Gasteiger partial charge in [-0.3, -0.25) is 4.79 Å². The molecule has 106 valence electrons. The highest BCUT2D eigenvalue weighted by Gasteiger charge is 2.50. The van der Waals surface area contributed by atoms with Gasteiger partial charge in [0.15, 0.2) is 0 Å². The minimum Gasteiger partial charge on any atom is -0.355 e. The Labute approximate surface area is 125 Å². The number of nitrogens with one attached hydrogen (secondary N) is 1. The lowest BCUT2D eigenvalue weighted by Gasteiger charge is -2.16. The lowest BCUT2D eigenvalue weighted by molar-refractivity contribution is -0.123. The van der Waals surface area contributed by atoms with Gasteiger partial charge in [-0.2, -0.15) is 0 Å². The number of amides is 1. The van der Waals surface area contributed by atoms with Gasteiger partial charge in [0.1, 0.15) is 0 Å². The highest BCUT2D eigenvalue weighted by atomic mass is 35.5. The Kier molecular flexibility index (Phi) is 5.65. The van der Waals surface area contributed by atoms with Crippen LogP contribution in [0.25, 0.3) is 0 Å². The number of carbonyl (C=O) groups excluding carboxylic acids is 1. The molecule has 1 atom stereocenters. The fraction of sp³-hybridized carbons (Fsp3) is 0.500. The van der Waals surface area contributed by atoms with Gasteiger partial charge in [-0.1, -0.05) is 23.7 Å². The van der Waals surface area contributed by atoms with E-state index in [1.54, 1.807) is 0 Å². The highest BCUT2D eigenvalue weighted by molar-refractivity contribution is 6.30. The molecule has 0 aliphatic heterocycles. The molecule has 1 amide bonds. The summed E-state index contributed by atoms with van der Waals surface area (Å²) in [7, 11) is 0. The van der Waals surface area contributed by atoms with Gasteiger partial charge in [0.25, 0.3) is 0 Å². The smallest absolute Gasteiger partial charge is 0.230 e. The molecule has 1 aliphatic rings.